The van der Waals surface area contributed by atoms with E-state index in [1.54, 1.807) is 6.08 Å². The zero-order valence-corrected chi connectivity index (χ0v) is 5.39. The van der Waals surface area contributed by atoms with Crippen LogP contribution in [-0.2, 0) is 0 Å². The summed E-state index contributed by atoms with van der Waals surface area (Å²) < 4.78 is 0. The largest absolute Gasteiger partial charge is 0.516 e. The first-order chi connectivity index (χ1) is 3.56. The Morgan fingerprint density at radius 1 is 1.62 bits per heavy atom. The number of rotatable bonds is 2. The number of hydrogen-bond acceptors (Lipinski definition) is 2. The Kier molecular flexibility index (Phi) is 2.55. The van der Waals surface area contributed by atoms with Crippen LogP contribution in [0.2, 0.25) is 0 Å². The number of aliphatic hydroxyl groups is 1. The summed E-state index contributed by atoms with van der Waals surface area (Å²) in [7, 11) is 0. The molecule has 0 heterocycles. The van der Waals surface area contributed by atoms with Gasteiger partial charge in [0.1, 0.15) is 0 Å². The first-order valence-electron chi connectivity index (χ1n) is 2.64. The highest BCUT2D eigenvalue weighted by atomic mass is 16.2. The van der Waals surface area contributed by atoms with Crippen molar-refractivity contribution in [2.45, 2.75) is 25.8 Å². The predicted octanol–water partition coefficient (Wildman–Crippen LogP) is 1.19. The van der Waals surface area contributed by atoms with Gasteiger partial charge in [0, 0.05) is 5.54 Å². The molecule has 0 aliphatic heterocycles. The lowest BCUT2D eigenvalue weighted by Crippen LogP contribution is -2.30. The van der Waals surface area contributed by atoms with Crippen LogP contribution in [0.5, 0.6) is 0 Å². The molecule has 2 nitrogen and oxygen atoms in total. The van der Waals surface area contributed by atoms with Gasteiger partial charge in [-0.15, -0.1) is 0 Å². The molecule has 0 aliphatic rings. The molecule has 0 rings (SSSR count). The Morgan fingerprint density at radius 2 is 2.12 bits per heavy atom. The molecule has 0 saturated heterocycles. The van der Waals surface area contributed by atoms with Gasteiger partial charge in [-0.25, -0.2) is 0 Å². The van der Waals surface area contributed by atoms with Gasteiger partial charge in [-0.1, -0.05) is 0 Å². The lowest BCUT2D eigenvalue weighted by molar-refractivity contribution is 0.459. The molecule has 0 amide bonds. The maximum absolute atomic E-state index is 8.19. The zero-order chi connectivity index (χ0) is 6.62. The third kappa shape index (κ3) is 5.50. The Bertz CT molecular complexity index is 81.0. The first kappa shape index (κ1) is 7.50. The fourth-order valence-corrected chi connectivity index (χ4v) is 0.356. The SMILES string of the molecule is CC(C)(N)C/C=C\O. The van der Waals surface area contributed by atoms with E-state index in [1.807, 2.05) is 13.8 Å². The molecule has 2 heteroatoms. The van der Waals surface area contributed by atoms with Crippen molar-refractivity contribution < 1.29 is 5.11 Å². The van der Waals surface area contributed by atoms with Crippen LogP contribution in [0.4, 0.5) is 0 Å². The maximum atomic E-state index is 8.19. The third-order valence-electron chi connectivity index (χ3n) is 0.749. The standard InChI is InChI=1S/C6H13NO/c1-6(2,7)4-3-5-8/h3,5,8H,4,7H2,1-2H3/b5-3-. The van der Waals surface area contributed by atoms with Crippen molar-refractivity contribution in [2.24, 2.45) is 5.73 Å². The van der Waals surface area contributed by atoms with E-state index < -0.39 is 0 Å². The smallest absolute Gasteiger partial charge is 0.0752 e. The molecule has 0 aromatic rings. The lowest BCUT2D eigenvalue weighted by atomic mass is 10.0. The Labute approximate surface area is 50.0 Å². The average molecular weight is 115 g/mol. The first-order valence-corrected chi connectivity index (χ1v) is 2.64. The second kappa shape index (κ2) is 2.72. The van der Waals surface area contributed by atoms with E-state index in [0.29, 0.717) is 6.42 Å². The fraction of sp³-hybridized carbons (Fsp3) is 0.667. The molecule has 0 fully saturated rings. The highest BCUT2D eigenvalue weighted by Crippen LogP contribution is 2.02. The van der Waals surface area contributed by atoms with Gasteiger partial charge in [-0.05, 0) is 26.3 Å². The minimum atomic E-state index is -0.195. The Balaban J connectivity index is 3.39. The molecule has 0 aliphatic carbocycles. The summed E-state index contributed by atoms with van der Waals surface area (Å²) in [6, 6.07) is 0. The van der Waals surface area contributed by atoms with Gasteiger partial charge in [0.2, 0.25) is 0 Å². The van der Waals surface area contributed by atoms with E-state index in [9.17, 15) is 0 Å². The van der Waals surface area contributed by atoms with Gasteiger partial charge >= 0.3 is 0 Å². The highest BCUT2D eigenvalue weighted by Gasteiger charge is 2.05. The molecule has 0 unspecified atom stereocenters. The molecule has 0 atom stereocenters. The van der Waals surface area contributed by atoms with E-state index in [2.05, 4.69) is 0 Å². The Hall–Kier alpha value is -0.500. The highest BCUT2D eigenvalue weighted by molar-refractivity contribution is 4.84. The number of aliphatic hydroxyl groups excluding tert-OH is 1. The maximum Gasteiger partial charge on any atom is 0.0752 e. The van der Waals surface area contributed by atoms with Crippen molar-refractivity contribution in [3.8, 4) is 0 Å². The molecule has 0 saturated carbocycles. The van der Waals surface area contributed by atoms with Gasteiger partial charge in [0.05, 0.1) is 6.26 Å². The fourth-order valence-electron chi connectivity index (χ4n) is 0.356. The minimum Gasteiger partial charge on any atom is -0.516 e. The van der Waals surface area contributed by atoms with Crippen molar-refractivity contribution in [3.05, 3.63) is 12.3 Å². The third-order valence-corrected chi connectivity index (χ3v) is 0.749. The molecule has 0 radical (unpaired) electrons. The van der Waals surface area contributed by atoms with E-state index >= 15 is 0 Å². The second-order valence-corrected chi connectivity index (χ2v) is 2.58. The van der Waals surface area contributed by atoms with Gasteiger partial charge in [-0.3, -0.25) is 0 Å². The van der Waals surface area contributed by atoms with E-state index in [1.165, 1.54) is 0 Å². The molecule has 3 N–H and O–H groups in total. The molecule has 0 bridgehead atoms. The molecular formula is C6H13NO. The van der Waals surface area contributed by atoms with Crippen molar-refractivity contribution in [2.75, 3.05) is 0 Å². The van der Waals surface area contributed by atoms with Gasteiger partial charge in [0.15, 0.2) is 0 Å². The number of nitrogens with two attached hydrogens (primary N) is 1. The quantitative estimate of drug-likeness (QED) is 0.531. The summed E-state index contributed by atoms with van der Waals surface area (Å²) in [6.45, 7) is 3.82. The monoisotopic (exact) mass is 115 g/mol. The van der Waals surface area contributed by atoms with Crippen LogP contribution in [0, 0.1) is 0 Å². The topological polar surface area (TPSA) is 46.2 Å². The van der Waals surface area contributed by atoms with Crippen LogP contribution in [-0.4, -0.2) is 10.6 Å². The van der Waals surface area contributed by atoms with E-state index in [0.717, 1.165) is 6.26 Å². The van der Waals surface area contributed by atoms with E-state index in [-0.39, 0.29) is 5.54 Å². The van der Waals surface area contributed by atoms with Gasteiger partial charge < -0.3 is 10.8 Å². The van der Waals surface area contributed by atoms with Crippen molar-refractivity contribution in [1.29, 1.82) is 0 Å². The normalized spacial score (nSPS) is 12.9. The van der Waals surface area contributed by atoms with Crippen LogP contribution in [0.15, 0.2) is 12.3 Å². The van der Waals surface area contributed by atoms with Crippen LogP contribution in [0.1, 0.15) is 20.3 Å². The molecular weight excluding hydrogens is 102 g/mol. The summed E-state index contributed by atoms with van der Waals surface area (Å²) in [6.07, 6.45) is 3.37. The van der Waals surface area contributed by atoms with Gasteiger partial charge in [-0.2, -0.15) is 0 Å². The molecule has 8 heavy (non-hydrogen) atoms. The molecule has 0 aromatic carbocycles. The zero-order valence-electron chi connectivity index (χ0n) is 5.39. The summed E-state index contributed by atoms with van der Waals surface area (Å²) in [4.78, 5) is 0. The van der Waals surface area contributed by atoms with Crippen LogP contribution in [0.25, 0.3) is 0 Å². The van der Waals surface area contributed by atoms with Crippen molar-refractivity contribution in [3.63, 3.8) is 0 Å². The summed E-state index contributed by atoms with van der Waals surface area (Å²) >= 11 is 0. The number of hydrogen-bond donors (Lipinski definition) is 2. The summed E-state index contributed by atoms with van der Waals surface area (Å²) in [5.74, 6) is 0. The van der Waals surface area contributed by atoms with E-state index in [4.69, 9.17) is 10.8 Å². The average Bonchev–Trinajstić information content (AvgIpc) is 1.59. The van der Waals surface area contributed by atoms with Gasteiger partial charge in [0.25, 0.3) is 0 Å². The van der Waals surface area contributed by atoms with Crippen LogP contribution < -0.4 is 5.73 Å². The minimum absolute atomic E-state index is 0.195. The molecule has 0 aromatic heterocycles. The predicted molar refractivity (Wildman–Crippen MR) is 34.7 cm³/mol. The van der Waals surface area contributed by atoms with Crippen molar-refractivity contribution >= 4 is 0 Å². The molecule has 0 spiro atoms. The van der Waals surface area contributed by atoms with Crippen LogP contribution >= 0.6 is 0 Å². The van der Waals surface area contributed by atoms with Crippen molar-refractivity contribution in [1.82, 2.24) is 0 Å². The molecule has 48 valence electrons. The second-order valence-electron chi connectivity index (χ2n) is 2.58. The summed E-state index contributed by atoms with van der Waals surface area (Å²) in [5.41, 5.74) is 5.36. The summed E-state index contributed by atoms with van der Waals surface area (Å²) in [5, 5.41) is 8.19. The Morgan fingerprint density at radius 3 is 2.25 bits per heavy atom. The lowest BCUT2D eigenvalue weighted by Gasteiger charge is -2.14. The van der Waals surface area contributed by atoms with Crippen LogP contribution in [0.3, 0.4) is 0 Å².